The maximum Gasteiger partial charge on any atom is 0.0386 e. The standard InChI is InChI=1S/C56H80N16/c1-65-25-41-9-11-43(57-41)27-66(2)29-45-13-15-47(59-45)31-68(4)33-49-17-19-51(61-49)35-70(6)37-53-21-23-55(63-53)39-72(8)40-56-24-22-54(64-56)38-71(7)36-52-20-18-50(62-52)34-69(5)32-48-16-14-46(60-48)30-67(3)28-44-12-10-42(26-65)58-44/h9-24,57-64H,25-40H2,1-8H3. The van der Waals surface area contributed by atoms with Gasteiger partial charge in [-0.25, -0.2) is 0 Å². The Morgan fingerprint density at radius 2 is 0.236 bits per heavy atom. The molecule has 1 aliphatic rings. The van der Waals surface area contributed by atoms with Crippen LogP contribution in [0.25, 0.3) is 0 Å². The third-order valence-corrected chi connectivity index (χ3v) is 13.5. The van der Waals surface area contributed by atoms with E-state index in [2.05, 4.69) is 233 Å². The number of aromatic amines is 8. The van der Waals surface area contributed by atoms with Gasteiger partial charge in [0.2, 0.25) is 0 Å². The lowest BCUT2D eigenvalue weighted by Gasteiger charge is -2.17. The SMILES string of the molecule is CN1Cc2ccc([nH]2)CN(C)Cc2ccc([nH]2)CN(C)Cc2ccc([nH]2)CN(C)Cc2ccc([nH]2)CN(C)Cc2ccc([nH]2)CN(C)Cc2ccc([nH]2)CN(C)Cc2ccc([nH]2)CN(C)Cc2ccc([nH]2)C1. The zero-order valence-electron chi connectivity index (χ0n) is 44.1. The molecule has 0 unspecified atom stereocenters. The molecule has 16 heteroatoms. The maximum absolute atomic E-state index is 3.69. The highest BCUT2D eigenvalue weighted by molar-refractivity contribution is 5.21. The zero-order valence-corrected chi connectivity index (χ0v) is 44.1. The van der Waals surface area contributed by atoms with E-state index in [1.54, 1.807) is 0 Å². The van der Waals surface area contributed by atoms with Gasteiger partial charge in [0.05, 0.1) is 0 Å². The van der Waals surface area contributed by atoms with Gasteiger partial charge in [-0.3, -0.25) is 39.2 Å². The van der Waals surface area contributed by atoms with Crippen molar-refractivity contribution in [2.24, 2.45) is 0 Å². The Kier molecular flexibility index (Phi) is 16.7. The molecule has 0 fully saturated rings. The molecule has 0 aliphatic carbocycles. The highest BCUT2D eigenvalue weighted by Crippen LogP contribution is 2.18. The average molecular weight is 977 g/mol. The molecule has 16 bridgehead atoms. The summed E-state index contributed by atoms with van der Waals surface area (Å²) in [4.78, 5) is 48.3. The topological polar surface area (TPSA) is 152 Å². The van der Waals surface area contributed by atoms with Gasteiger partial charge >= 0.3 is 0 Å². The minimum absolute atomic E-state index is 0.850. The summed E-state index contributed by atoms with van der Waals surface area (Å²) in [7, 11) is 17.5. The van der Waals surface area contributed by atoms with Gasteiger partial charge in [-0.15, -0.1) is 0 Å². The average Bonchev–Trinajstić information content (AvgIpc) is 4.16. The van der Waals surface area contributed by atoms with Crippen LogP contribution in [-0.4, -0.2) is 135 Å². The van der Waals surface area contributed by atoms with Crippen molar-refractivity contribution in [3.05, 3.63) is 188 Å². The van der Waals surface area contributed by atoms with Crippen molar-refractivity contribution in [2.75, 3.05) is 56.4 Å². The Hall–Kier alpha value is -6.08. The van der Waals surface area contributed by atoms with Crippen molar-refractivity contribution in [1.82, 2.24) is 79.1 Å². The Labute approximate surface area is 426 Å². The van der Waals surface area contributed by atoms with E-state index in [4.69, 9.17) is 0 Å². The molecule has 1 aliphatic heterocycles. The summed E-state index contributed by atoms with van der Waals surface area (Å²) in [5.74, 6) is 0. The molecule has 8 N–H and O–H groups in total. The fourth-order valence-corrected chi connectivity index (χ4v) is 10.5. The highest BCUT2D eigenvalue weighted by Gasteiger charge is 2.15. The smallest absolute Gasteiger partial charge is 0.0386 e. The quantitative estimate of drug-likeness (QED) is 0.0772. The number of nitrogens with one attached hydrogen (secondary N) is 8. The molecule has 0 saturated heterocycles. The lowest BCUT2D eigenvalue weighted by molar-refractivity contribution is 0.299. The molecule has 0 amide bonds. The van der Waals surface area contributed by atoms with Gasteiger partial charge in [0, 0.05) is 196 Å². The van der Waals surface area contributed by atoms with E-state index in [9.17, 15) is 0 Å². The van der Waals surface area contributed by atoms with Crippen LogP contribution >= 0.6 is 0 Å². The summed E-state index contributed by atoms with van der Waals surface area (Å²) in [6.45, 7) is 13.6. The lowest BCUT2D eigenvalue weighted by Crippen LogP contribution is -2.20. The van der Waals surface area contributed by atoms with Crippen LogP contribution in [0.1, 0.15) is 91.1 Å². The highest BCUT2D eigenvalue weighted by atomic mass is 15.2. The van der Waals surface area contributed by atoms with E-state index in [1.807, 2.05) is 0 Å². The van der Waals surface area contributed by atoms with Gasteiger partial charge in [-0.2, -0.15) is 0 Å². The van der Waals surface area contributed by atoms with Crippen LogP contribution in [0, 0.1) is 0 Å². The van der Waals surface area contributed by atoms with Gasteiger partial charge < -0.3 is 39.9 Å². The van der Waals surface area contributed by atoms with Gasteiger partial charge in [0.15, 0.2) is 0 Å². The summed E-state index contributed by atoms with van der Waals surface area (Å²) in [5.41, 5.74) is 19.6. The first-order valence-corrected chi connectivity index (χ1v) is 25.6. The predicted molar refractivity (Wildman–Crippen MR) is 288 cm³/mol. The third-order valence-electron chi connectivity index (χ3n) is 13.5. The van der Waals surface area contributed by atoms with Gasteiger partial charge in [-0.05, 0) is 153 Å². The Bertz CT molecular complexity index is 2130. The summed E-state index contributed by atoms with van der Waals surface area (Å²) in [6.07, 6.45) is 0. The molecule has 0 spiro atoms. The number of H-pyrrole nitrogens is 8. The van der Waals surface area contributed by atoms with Crippen LogP contribution in [0.15, 0.2) is 97.1 Å². The van der Waals surface area contributed by atoms with Gasteiger partial charge in [0.25, 0.3) is 0 Å². The van der Waals surface area contributed by atoms with Crippen LogP contribution in [0.3, 0.4) is 0 Å². The Morgan fingerprint density at radius 3 is 0.306 bits per heavy atom. The first-order chi connectivity index (χ1) is 34.7. The van der Waals surface area contributed by atoms with Crippen LogP contribution in [0.5, 0.6) is 0 Å². The fourth-order valence-electron chi connectivity index (χ4n) is 10.5. The normalized spacial score (nSPS) is 18.3. The zero-order chi connectivity index (χ0) is 50.1. The van der Waals surface area contributed by atoms with Crippen molar-refractivity contribution in [1.29, 1.82) is 0 Å². The molecule has 0 radical (unpaired) electrons. The fraction of sp³-hybridized carbons (Fsp3) is 0.429. The van der Waals surface area contributed by atoms with E-state index in [0.717, 1.165) is 105 Å². The molecular formula is C56H80N16. The monoisotopic (exact) mass is 977 g/mol. The molecule has 8 aromatic heterocycles. The lowest BCUT2D eigenvalue weighted by atomic mass is 10.3. The maximum atomic E-state index is 3.69. The van der Waals surface area contributed by atoms with Gasteiger partial charge in [0.1, 0.15) is 0 Å². The molecule has 8 aromatic rings. The van der Waals surface area contributed by atoms with E-state index in [0.29, 0.717) is 0 Å². The van der Waals surface area contributed by atoms with Crippen LogP contribution in [0.2, 0.25) is 0 Å². The summed E-state index contributed by atoms with van der Waals surface area (Å²) < 4.78 is 0. The van der Waals surface area contributed by atoms with Crippen LogP contribution in [0.4, 0.5) is 0 Å². The minimum atomic E-state index is 0.850. The molecule has 0 aromatic carbocycles. The minimum Gasteiger partial charge on any atom is -0.360 e. The molecule has 16 nitrogen and oxygen atoms in total. The number of nitrogens with zero attached hydrogens (tertiary/aromatic N) is 8. The number of aromatic nitrogens is 8. The summed E-state index contributed by atoms with van der Waals surface area (Å²) in [6, 6.07) is 35.6. The Morgan fingerprint density at radius 1 is 0.167 bits per heavy atom. The summed E-state index contributed by atoms with van der Waals surface area (Å²) in [5, 5.41) is 0. The molecule has 384 valence electrons. The summed E-state index contributed by atoms with van der Waals surface area (Å²) >= 11 is 0. The molecule has 0 saturated carbocycles. The number of fused-ring (bicyclic) bond motifs is 16. The first kappa shape index (κ1) is 50.8. The van der Waals surface area contributed by atoms with E-state index < -0.39 is 0 Å². The van der Waals surface area contributed by atoms with Crippen molar-refractivity contribution in [3.8, 4) is 0 Å². The Balaban J connectivity index is 0.811. The molecular weight excluding hydrogens is 897 g/mol. The molecule has 9 rings (SSSR count). The second-order valence-corrected chi connectivity index (χ2v) is 21.4. The van der Waals surface area contributed by atoms with E-state index in [-0.39, 0.29) is 0 Å². The van der Waals surface area contributed by atoms with E-state index >= 15 is 0 Å². The van der Waals surface area contributed by atoms with Gasteiger partial charge in [-0.1, -0.05) is 0 Å². The molecule has 9 heterocycles. The predicted octanol–water partition coefficient (Wildman–Crippen LogP) is 7.68. The third kappa shape index (κ3) is 15.0. The number of rotatable bonds is 0. The molecule has 0 atom stereocenters. The second kappa shape index (κ2) is 23.6. The van der Waals surface area contributed by atoms with Crippen molar-refractivity contribution >= 4 is 0 Å². The van der Waals surface area contributed by atoms with Crippen molar-refractivity contribution in [2.45, 2.75) is 105 Å². The second-order valence-electron chi connectivity index (χ2n) is 21.4. The van der Waals surface area contributed by atoms with Crippen molar-refractivity contribution in [3.63, 3.8) is 0 Å². The van der Waals surface area contributed by atoms with Crippen LogP contribution < -0.4 is 0 Å². The number of hydrogen-bond donors (Lipinski definition) is 8. The van der Waals surface area contributed by atoms with Crippen LogP contribution in [-0.2, 0) is 105 Å². The first-order valence-electron chi connectivity index (χ1n) is 25.6. The van der Waals surface area contributed by atoms with E-state index in [1.165, 1.54) is 91.1 Å². The molecule has 72 heavy (non-hydrogen) atoms. The van der Waals surface area contributed by atoms with Crippen molar-refractivity contribution < 1.29 is 0 Å². The largest absolute Gasteiger partial charge is 0.360 e. The number of hydrogen-bond acceptors (Lipinski definition) is 8.